The first kappa shape index (κ1) is 19.3. The highest BCUT2D eigenvalue weighted by atomic mass is 79.9. The summed E-state index contributed by atoms with van der Waals surface area (Å²) < 4.78 is 6.06. The average molecular weight is 353 g/mol. The van der Waals surface area contributed by atoms with Crippen molar-refractivity contribution in [2.45, 2.75) is 76.7 Å². The first-order valence-electron chi connectivity index (χ1n) is 6.85. The largest absolute Gasteiger partial charge is 0.407 e. The van der Waals surface area contributed by atoms with Crippen molar-refractivity contribution >= 4 is 30.0 Å². The second kappa shape index (κ2) is 6.83. The smallest absolute Gasteiger partial charge is 0.193 e. The van der Waals surface area contributed by atoms with Crippen LogP contribution in [0.4, 0.5) is 0 Å². The van der Waals surface area contributed by atoms with Crippen molar-refractivity contribution in [2.75, 3.05) is 0 Å². The molecular formula is C14H29BrO3Si. The van der Waals surface area contributed by atoms with Gasteiger partial charge < -0.3 is 9.53 Å². The highest BCUT2D eigenvalue weighted by molar-refractivity contribution is 9.10. The average Bonchev–Trinajstić information content (AvgIpc) is 2.23. The Balaban J connectivity index is 4.77. The lowest BCUT2D eigenvalue weighted by Crippen LogP contribution is -2.48. The van der Waals surface area contributed by atoms with Crippen LogP contribution in [0.1, 0.15) is 41.5 Å². The molecule has 0 aliphatic rings. The summed E-state index contributed by atoms with van der Waals surface area (Å²) in [7, 11) is -1.96. The topological polar surface area (TPSA) is 46.5 Å². The molecule has 0 aliphatic heterocycles. The Bertz CT molecular complexity index is 310. The fraction of sp³-hybridized carbons (Fsp3) is 0.929. The van der Waals surface area contributed by atoms with E-state index in [0.29, 0.717) is 0 Å². The quantitative estimate of drug-likeness (QED) is 0.584. The highest BCUT2D eigenvalue weighted by Gasteiger charge is 2.41. The number of alkyl halides is 1. The number of carbonyl (C=O) groups is 1. The number of carbonyl (C=O) groups excluding carboxylic acids is 1. The molecule has 0 saturated heterocycles. The van der Waals surface area contributed by atoms with Crippen LogP contribution in [0.15, 0.2) is 0 Å². The molecule has 3 atom stereocenters. The molecular weight excluding hydrogens is 324 g/mol. The minimum absolute atomic E-state index is 0.0356. The minimum Gasteiger partial charge on any atom is -0.407 e. The molecule has 0 rings (SSSR count). The summed E-state index contributed by atoms with van der Waals surface area (Å²) in [6.07, 6.45) is -1.17. The van der Waals surface area contributed by atoms with Gasteiger partial charge in [0.1, 0.15) is 10.9 Å². The molecule has 1 N–H and O–H groups in total. The molecule has 0 heterocycles. The molecule has 0 unspecified atom stereocenters. The third kappa shape index (κ3) is 5.29. The number of aliphatic hydroxyl groups is 1. The Morgan fingerprint density at radius 1 is 1.21 bits per heavy atom. The fourth-order valence-electron chi connectivity index (χ4n) is 1.41. The standard InChI is InChI=1S/C14H29BrO3Si/c1-9(2)12(16)11(15)13(17)10(3)18-19(7,8)14(4,5)6/h9-12,16H,1-8H3/t10-,11+,12-/m0/s1. The van der Waals surface area contributed by atoms with Crippen LogP contribution in [0.5, 0.6) is 0 Å². The number of aliphatic hydroxyl groups excluding tert-OH is 1. The van der Waals surface area contributed by atoms with E-state index < -0.39 is 25.4 Å². The molecule has 0 aromatic carbocycles. The molecule has 0 radical (unpaired) electrons. The van der Waals surface area contributed by atoms with Crippen LogP contribution in [-0.2, 0) is 9.22 Å². The van der Waals surface area contributed by atoms with E-state index in [1.165, 1.54) is 0 Å². The second-order valence-corrected chi connectivity index (χ2v) is 12.8. The van der Waals surface area contributed by atoms with Gasteiger partial charge in [0.25, 0.3) is 0 Å². The summed E-state index contributed by atoms with van der Waals surface area (Å²) in [5.41, 5.74) is 0. The molecule has 5 heteroatoms. The zero-order valence-corrected chi connectivity index (χ0v) is 16.0. The maximum Gasteiger partial charge on any atom is 0.193 e. The Morgan fingerprint density at radius 3 is 1.95 bits per heavy atom. The van der Waals surface area contributed by atoms with Gasteiger partial charge in [-0.2, -0.15) is 0 Å². The first-order valence-corrected chi connectivity index (χ1v) is 10.7. The molecule has 19 heavy (non-hydrogen) atoms. The summed E-state index contributed by atoms with van der Waals surface area (Å²) in [5.74, 6) is -0.0422. The predicted octanol–water partition coefficient (Wildman–Crippen LogP) is 3.75. The van der Waals surface area contributed by atoms with Crippen molar-refractivity contribution in [3.8, 4) is 0 Å². The monoisotopic (exact) mass is 352 g/mol. The maximum absolute atomic E-state index is 12.3. The first-order chi connectivity index (χ1) is 8.31. The lowest BCUT2D eigenvalue weighted by Gasteiger charge is -2.38. The zero-order chi connectivity index (χ0) is 15.6. The Morgan fingerprint density at radius 2 is 1.63 bits per heavy atom. The van der Waals surface area contributed by atoms with Gasteiger partial charge in [-0.15, -0.1) is 0 Å². The molecule has 0 saturated carbocycles. The van der Waals surface area contributed by atoms with Gasteiger partial charge in [0, 0.05) is 0 Å². The van der Waals surface area contributed by atoms with Crippen LogP contribution in [-0.4, -0.2) is 36.2 Å². The van der Waals surface area contributed by atoms with Gasteiger partial charge in [0.15, 0.2) is 14.1 Å². The lowest BCUT2D eigenvalue weighted by molar-refractivity contribution is -0.127. The van der Waals surface area contributed by atoms with E-state index in [0.717, 1.165) is 0 Å². The number of rotatable bonds is 6. The predicted molar refractivity (Wildman–Crippen MR) is 86.3 cm³/mol. The van der Waals surface area contributed by atoms with Crippen LogP contribution in [0, 0.1) is 5.92 Å². The third-order valence-corrected chi connectivity index (χ3v) is 9.48. The summed E-state index contributed by atoms with van der Waals surface area (Å²) in [4.78, 5) is 11.7. The fourth-order valence-corrected chi connectivity index (χ4v) is 3.74. The van der Waals surface area contributed by atoms with Crippen molar-refractivity contribution in [3.05, 3.63) is 0 Å². The lowest BCUT2D eigenvalue weighted by atomic mass is 10.00. The molecule has 3 nitrogen and oxygen atoms in total. The van der Waals surface area contributed by atoms with Crippen molar-refractivity contribution in [2.24, 2.45) is 5.92 Å². The number of ketones is 1. The molecule has 0 bridgehead atoms. The summed E-state index contributed by atoms with van der Waals surface area (Å²) in [6.45, 7) is 16.3. The molecule has 0 amide bonds. The molecule has 0 aromatic rings. The van der Waals surface area contributed by atoms with Crippen molar-refractivity contribution < 1.29 is 14.3 Å². The van der Waals surface area contributed by atoms with Crippen LogP contribution < -0.4 is 0 Å². The highest BCUT2D eigenvalue weighted by Crippen LogP contribution is 2.37. The van der Waals surface area contributed by atoms with Gasteiger partial charge >= 0.3 is 0 Å². The Hall–Kier alpha value is 0.287. The van der Waals surface area contributed by atoms with Gasteiger partial charge in [-0.05, 0) is 31.0 Å². The van der Waals surface area contributed by atoms with Gasteiger partial charge in [0.05, 0.1) is 6.10 Å². The molecule has 0 fully saturated rings. The zero-order valence-electron chi connectivity index (χ0n) is 13.5. The minimum atomic E-state index is -1.96. The van der Waals surface area contributed by atoms with E-state index in [1.807, 2.05) is 13.8 Å². The van der Waals surface area contributed by atoms with Crippen molar-refractivity contribution in [3.63, 3.8) is 0 Å². The van der Waals surface area contributed by atoms with Crippen molar-refractivity contribution in [1.82, 2.24) is 0 Å². The van der Waals surface area contributed by atoms with E-state index in [4.69, 9.17) is 4.43 Å². The number of Topliss-reactive ketones (excluding diaryl/α,β-unsaturated/α-hetero) is 1. The van der Waals surface area contributed by atoms with E-state index in [-0.39, 0.29) is 16.7 Å². The van der Waals surface area contributed by atoms with Crippen LogP contribution in [0.3, 0.4) is 0 Å². The normalized spacial score (nSPS) is 18.3. The van der Waals surface area contributed by atoms with E-state index >= 15 is 0 Å². The summed E-state index contributed by atoms with van der Waals surface area (Å²) in [5, 5.41) is 10.0. The summed E-state index contributed by atoms with van der Waals surface area (Å²) >= 11 is 3.30. The molecule has 0 aliphatic carbocycles. The van der Waals surface area contributed by atoms with Crippen LogP contribution in [0.2, 0.25) is 18.1 Å². The Labute approximate surface area is 127 Å². The van der Waals surface area contributed by atoms with Crippen LogP contribution >= 0.6 is 15.9 Å². The number of hydrogen-bond donors (Lipinski definition) is 1. The number of halogens is 1. The maximum atomic E-state index is 12.3. The molecule has 114 valence electrons. The third-order valence-electron chi connectivity index (χ3n) is 3.93. The molecule has 0 spiro atoms. The van der Waals surface area contributed by atoms with Crippen LogP contribution in [0.25, 0.3) is 0 Å². The van der Waals surface area contributed by atoms with Gasteiger partial charge in [-0.1, -0.05) is 50.5 Å². The summed E-state index contributed by atoms with van der Waals surface area (Å²) in [6, 6.07) is 0. The second-order valence-electron chi connectivity index (χ2n) is 7.06. The SMILES string of the molecule is CC(C)[C@H](O)[C@@H](Br)C(=O)[C@H](C)O[Si](C)(C)C(C)(C)C. The van der Waals surface area contributed by atoms with Crippen molar-refractivity contribution in [1.29, 1.82) is 0 Å². The Kier molecular flexibility index (Phi) is 6.93. The van der Waals surface area contributed by atoms with E-state index in [9.17, 15) is 9.90 Å². The van der Waals surface area contributed by atoms with E-state index in [1.54, 1.807) is 6.92 Å². The van der Waals surface area contributed by atoms with E-state index in [2.05, 4.69) is 49.8 Å². The molecule has 0 aromatic heterocycles. The van der Waals surface area contributed by atoms with Gasteiger partial charge in [-0.25, -0.2) is 0 Å². The van der Waals surface area contributed by atoms with Gasteiger partial charge in [0.2, 0.25) is 0 Å². The van der Waals surface area contributed by atoms with Gasteiger partial charge in [-0.3, -0.25) is 4.79 Å². The number of hydrogen-bond acceptors (Lipinski definition) is 3.